The number of hydrogen-bond donors (Lipinski definition) is 3. The first-order valence-corrected chi connectivity index (χ1v) is 5.60. The Morgan fingerprint density at radius 3 is 2.94 bits per heavy atom. The van der Waals surface area contributed by atoms with Crippen molar-refractivity contribution in [2.45, 2.75) is 13.3 Å². The summed E-state index contributed by atoms with van der Waals surface area (Å²) in [7, 11) is 0. The minimum absolute atomic E-state index is 0.0654. The summed E-state index contributed by atoms with van der Waals surface area (Å²) >= 11 is 0. The van der Waals surface area contributed by atoms with Gasteiger partial charge in [-0.15, -0.1) is 0 Å². The summed E-state index contributed by atoms with van der Waals surface area (Å²) in [5.74, 6) is 0.321. The molecule has 0 unspecified atom stereocenters. The molecule has 0 aliphatic rings. The molecule has 4 N–H and O–H groups in total. The fraction of sp³-hybridized carbons (Fsp3) is 0.417. The molecule has 0 heterocycles. The van der Waals surface area contributed by atoms with Gasteiger partial charge in [-0.1, -0.05) is 0 Å². The molecule has 5 nitrogen and oxygen atoms in total. The molecule has 17 heavy (non-hydrogen) atoms. The molecule has 0 aliphatic heterocycles. The van der Waals surface area contributed by atoms with Gasteiger partial charge in [-0.05, 0) is 25.1 Å². The summed E-state index contributed by atoms with van der Waals surface area (Å²) in [5.41, 5.74) is 6.72. The summed E-state index contributed by atoms with van der Waals surface area (Å²) in [6.07, 6.45) is 0.533. The molecule has 0 atom stereocenters. The maximum atomic E-state index is 11.6. The van der Waals surface area contributed by atoms with Gasteiger partial charge in [0.15, 0.2) is 0 Å². The van der Waals surface area contributed by atoms with Crippen molar-refractivity contribution in [2.24, 2.45) is 0 Å². The van der Waals surface area contributed by atoms with Crippen LogP contribution in [0.1, 0.15) is 23.7 Å². The molecule has 0 radical (unpaired) electrons. The number of benzene rings is 1. The van der Waals surface area contributed by atoms with Crippen molar-refractivity contribution in [3.63, 3.8) is 0 Å². The number of anilines is 1. The number of carbonyl (C=O) groups is 1. The zero-order valence-electron chi connectivity index (χ0n) is 9.90. The summed E-state index contributed by atoms with van der Waals surface area (Å²) in [4.78, 5) is 11.6. The van der Waals surface area contributed by atoms with Crippen molar-refractivity contribution in [1.82, 2.24) is 5.32 Å². The van der Waals surface area contributed by atoms with Gasteiger partial charge in [-0.3, -0.25) is 4.79 Å². The number of rotatable bonds is 6. The van der Waals surface area contributed by atoms with Crippen LogP contribution in [0.25, 0.3) is 0 Å². The number of ether oxygens (including phenoxy) is 1. The number of aliphatic hydroxyl groups is 1. The van der Waals surface area contributed by atoms with Gasteiger partial charge in [-0.2, -0.15) is 0 Å². The van der Waals surface area contributed by atoms with Gasteiger partial charge in [0.1, 0.15) is 5.75 Å². The van der Waals surface area contributed by atoms with Crippen LogP contribution in [0.15, 0.2) is 18.2 Å². The third kappa shape index (κ3) is 3.96. The minimum Gasteiger partial charge on any atom is -0.491 e. The number of amides is 1. The van der Waals surface area contributed by atoms with Crippen LogP contribution < -0.4 is 15.8 Å². The maximum absolute atomic E-state index is 11.6. The van der Waals surface area contributed by atoms with Gasteiger partial charge < -0.3 is 20.9 Å². The van der Waals surface area contributed by atoms with E-state index in [-0.39, 0.29) is 12.5 Å². The number of nitrogen functional groups attached to an aromatic ring is 1. The summed E-state index contributed by atoms with van der Waals surface area (Å²) < 4.78 is 5.38. The first-order valence-electron chi connectivity index (χ1n) is 5.60. The van der Waals surface area contributed by atoms with Crippen molar-refractivity contribution in [2.75, 3.05) is 25.5 Å². The maximum Gasteiger partial charge on any atom is 0.251 e. The second-order valence-corrected chi connectivity index (χ2v) is 3.54. The van der Waals surface area contributed by atoms with E-state index in [0.29, 0.717) is 36.6 Å². The lowest BCUT2D eigenvalue weighted by atomic mass is 10.2. The molecular formula is C12H18N2O3. The predicted octanol–water partition coefficient (Wildman–Crippen LogP) is 0.780. The molecule has 0 saturated heterocycles. The summed E-state index contributed by atoms with van der Waals surface area (Å²) in [5, 5.41) is 11.4. The fourth-order valence-corrected chi connectivity index (χ4v) is 1.31. The number of aliphatic hydroxyl groups excluding tert-OH is 1. The Labute approximate surface area is 101 Å². The van der Waals surface area contributed by atoms with Gasteiger partial charge in [-0.25, -0.2) is 0 Å². The molecule has 94 valence electrons. The highest BCUT2D eigenvalue weighted by molar-refractivity contribution is 5.95. The molecule has 0 bridgehead atoms. The number of carbonyl (C=O) groups excluding carboxylic acids is 1. The monoisotopic (exact) mass is 238 g/mol. The molecular weight excluding hydrogens is 220 g/mol. The lowest BCUT2D eigenvalue weighted by Gasteiger charge is -2.10. The van der Waals surface area contributed by atoms with Crippen molar-refractivity contribution in [3.8, 4) is 5.75 Å². The quantitative estimate of drug-likeness (QED) is 0.505. The van der Waals surface area contributed by atoms with Crippen LogP contribution in [-0.4, -0.2) is 30.8 Å². The van der Waals surface area contributed by atoms with E-state index in [0.717, 1.165) is 0 Å². The zero-order valence-corrected chi connectivity index (χ0v) is 9.90. The highest BCUT2D eigenvalue weighted by Crippen LogP contribution is 2.22. The number of nitrogens with one attached hydrogen (secondary N) is 1. The third-order valence-corrected chi connectivity index (χ3v) is 2.17. The molecule has 0 fully saturated rings. The minimum atomic E-state index is -0.153. The van der Waals surface area contributed by atoms with E-state index in [9.17, 15) is 4.79 Å². The largest absolute Gasteiger partial charge is 0.491 e. The van der Waals surface area contributed by atoms with Crippen LogP contribution in [0.3, 0.4) is 0 Å². The average molecular weight is 238 g/mol. The first kappa shape index (κ1) is 13.3. The molecule has 1 aromatic rings. The Balaban J connectivity index is 2.75. The Morgan fingerprint density at radius 1 is 1.53 bits per heavy atom. The van der Waals surface area contributed by atoms with E-state index >= 15 is 0 Å². The highest BCUT2D eigenvalue weighted by atomic mass is 16.5. The van der Waals surface area contributed by atoms with Gasteiger partial charge in [0.2, 0.25) is 0 Å². The van der Waals surface area contributed by atoms with E-state index in [1.165, 1.54) is 0 Å². The topological polar surface area (TPSA) is 84.6 Å². The Hall–Kier alpha value is -1.75. The molecule has 1 aromatic carbocycles. The second kappa shape index (κ2) is 6.75. The first-order chi connectivity index (χ1) is 8.19. The van der Waals surface area contributed by atoms with Crippen LogP contribution in [0.2, 0.25) is 0 Å². The number of hydrogen-bond acceptors (Lipinski definition) is 4. The van der Waals surface area contributed by atoms with Crippen LogP contribution >= 0.6 is 0 Å². The van der Waals surface area contributed by atoms with Crippen molar-refractivity contribution in [3.05, 3.63) is 23.8 Å². The van der Waals surface area contributed by atoms with Crippen molar-refractivity contribution < 1.29 is 14.6 Å². The second-order valence-electron chi connectivity index (χ2n) is 3.54. The van der Waals surface area contributed by atoms with Crippen LogP contribution in [0.4, 0.5) is 5.69 Å². The molecule has 1 amide bonds. The normalized spacial score (nSPS) is 10.0. The highest BCUT2D eigenvalue weighted by Gasteiger charge is 2.08. The van der Waals surface area contributed by atoms with Gasteiger partial charge in [0, 0.05) is 25.1 Å². The lowest BCUT2D eigenvalue weighted by Crippen LogP contribution is -2.22. The Bertz CT molecular complexity index is 380. The zero-order chi connectivity index (χ0) is 12.7. The van der Waals surface area contributed by atoms with Gasteiger partial charge in [0.05, 0.1) is 12.3 Å². The third-order valence-electron chi connectivity index (χ3n) is 2.17. The smallest absolute Gasteiger partial charge is 0.251 e. The van der Waals surface area contributed by atoms with E-state index in [4.69, 9.17) is 15.6 Å². The summed E-state index contributed by atoms with van der Waals surface area (Å²) in [6.45, 7) is 2.87. The molecule has 5 heteroatoms. The molecule has 0 aromatic heterocycles. The van der Waals surface area contributed by atoms with Gasteiger partial charge in [0.25, 0.3) is 5.91 Å². The van der Waals surface area contributed by atoms with Crippen molar-refractivity contribution in [1.29, 1.82) is 0 Å². The Kier molecular flexibility index (Phi) is 5.29. The molecule has 0 saturated carbocycles. The molecule has 0 spiro atoms. The predicted molar refractivity (Wildman–Crippen MR) is 66.1 cm³/mol. The van der Waals surface area contributed by atoms with Crippen LogP contribution in [0.5, 0.6) is 5.75 Å². The van der Waals surface area contributed by atoms with E-state index in [1.807, 2.05) is 6.92 Å². The molecule has 0 aliphatic carbocycles. The standard InChI is InChI=1S/C12H18N2O3/c1-2-14-12(16)9-4-5-10(13)11(8-9)17-7-3-6-15/h4-5,8,15H,2-3,6-7,13H2,1H3,(H,14,16). The number of nitrogens with two attached hydrogens (primary N) is 1. The molecule has 1 rings (SSSR count). The average Bonchev–Trinajstić information content (AvgIpc) is 2.32. The van der Waals surface area contributed by atoms with Crippen LogP contribution in [0, 0.1) is 0 Å². The van der Waals surface area contributed by atoms with E-state index < -0.39 is 0 Å². The van der Waals surface area contributed by atoms with Gasteiger partial charge >= 0.3 is 0 Å². The summed E-state index contributed by atoms with van der Waals surface area (Å²) in [6, 6.07) is 4.90. The lowest BCUT2D eigenvalue weighted by molar-refractivity contribution is 0.0955. The van der Waals surface area contributed by atoms with E-state index in [2.05, 4.69) is 5.32 Å². The van der Waals surface area contributed by atoms with Crippen LogP contribution in [-0.2, 0) is 0 Å². The fourth-order valence-electron chi connectivity index (χ4n) is 1.31. The Morgan fingerprint density at radius 2 is 2.29 bits per heavy atom. The van der Waals surface area contributed by atoms with E-state index in [1.54, 1.807) is 18.2 Å². The SMILES string of the molecule is CCNC(=O)c1ccc(N)c(OCCCO)c1. The van der Waals surface area contributed by atoms with Crippen molar-refractivity contribution >= 4 is 11.6 Å².